The van der Waals surface area contributed by atoms with Crippen LogP contribution >= 0.6 is 0 Å². The molecule has 0 spiro atoms. The van der Waals surface area contributed by atoms with Crippen LogP contribution in [0.25, 0.3) is 0 Å². The normalized spacial score (nSPS) is 13.3. The number of rotatable bonds is 5. The molecule has 0 bridgehead atoms. The third-order valence-corrected chi connectivity index (χ3v) is 4.52. The van der Waals surface area contributed by atoms with Crippen LogP contribution in [-0.4, -0.2) is 17.7 Å². The smallest absolute Gasteiger partial charge is 0.266 e. The first-order valence-corrected chi connectivity index (χ1v) is 8.45. The van der Waals surface area contributed by atoms with Crippen molar-refractivity contribution in [3.63, 3.8) is 0 Å². The van der Waals surface area contributed by atoms with Gasteiger partial charge in [-0.05, 0) is 43.2 Å². The van der Waals surface area contributed by atoms with Gasteiger partial charge in [-0.2, -0.15) is 0 Å². The number of imide groups is 1. The molecule has 1 heterocycles. The van der Waals surface area contributed by atoms with Gasteiger partial charge >= 0.3 is 0 Å². The Morgan fingerprint density at radius 3 is 2.12 bits per heavy atom. The van der Waals surface area contributed by atoms with Gasteiger partial charge in [0, 0.05) is 11.6 Å². The zero-order valence-electron chi connectivity index (χ0n) is 14.3. The molecule has 0 unspecified atom stereocenters. The zero-order chi connectivity index (χ0) is 18.0. The van der Waals surface area contributed by atoms with Crippen molar-refractivity contribution in [3.8, 4) is 0 Å². The van der Waals surface area contributed by atoms with Crippen molar-refractivity contribution >= 4 is 29.1 Å². The lowest BCUT2D eigenvalue weighted by molar-refractivity contribution is -0.120. The topological polar surface area (TPSA) is 66.5 Å². The van der Waals surface area contributed by atoms with E-state index in [1.54, 1.807) is 48.5 Å². The predicted molar refractivity (Wildman–Crippen MR) is 96.7 cm³/mol. The summed E-state index contributed by atoms with van der Waals surface area (Å²) in [4.78, 5) is 38.5. The van der Waals surface area contributed by atoms with Gasteiger partial charge in [-0.15, -0.1) is 0 Å². The second-order valence-electron chi connectivity index (χ2n) is 6.04. The van der Waals surface area contributed by atoms with Gasteiger partial charge in [-0.3, -0.25) is 14.4 Å². The van der Waals surface area contributed by atoms with Crippen LogP contribution in [0.3, 0.4) is 0 Å². The SMILES string of the molecule is CCC(CC)C(=O)Nc1cccc(N2C(=O)c3ccccc3C2=O)c1. The molecule has 2 aromatic rings. The number of nitrogens with zero attached hydrogens (tertiary/aromatic N) is 1. The van der Waals surface area contributed by atoms with Crippen LogP contribution < -0.4 is 10.2 Å². The molecule has 0 radical (unpaired) electrons. The highest BCUT2D eigenvalue weighted by Gasteiger charge is 2.36. The predicted octanol–water partition coefficient (Wildman–Crippen LogP) is 3.86. The number of carbonyl (C=O) groups is 3. The standard InChI is InChI=1S/C20H20N2O3/c1-3-13(4-2)18(23)21-14-8-7-9-15(12-14)22-19(24)16-10-5-6-11-17(16)20(22)25/h5-13H,3-4H2,1-2H3,(H,21,23). The van der Waals surface area contributed by atoms with E-state index in [1.165, 1.54) is 0 Å². The molecule has 0 saturated heterocycles. The highest BCUT2D eigenvalue weighted by atomic mass is 16.2. The van der Waals surface area contributed by atoms with E-state index in [2.05, 4.69) is 5.32 Å². The number of hydrogen-bond donors (Lipinski definition) is 1. The van der Waals surface area contributed by atoms with Gasteiger partial charge in [0.15, 0.2) is 0 Å². The van der Waals surface area contributed by atoms with Gasteiger partial charge in [0.25, 0.3) is 11.8 Å². The van der Waals surface area contributed by atoms with E-state index in [-0.39, 0.29) is 23.6 Å². The number of hydrogen-bond acceptors (Lipinski definition) is 3. The fourth-order valence-corrected chi connectivity index (χ4v) is 3.05. The van der Waals surface area contributed by atoms with Crippen molar-refractivity contribution in [2.45, 2.75) is 26.7 Å². The highest BCUT2D eigenvalue weighted by Crippen LogP contribution is 2.29. The van der Waals surface area contributed by atoms with Gasteiger partial charge in [0.2, 0.25) is 5.91 Å². The van der Waals surface area contributed by atoms with Crippen LogP contribution in [0.5, 0.6) is 0 Å². The fourth-order valence-electron chi connectivity index (χ4n) is 3.05. The van der Waals surface area contributed by atoms with E-state index in [9.17, 15) is 14.4 Å². The lowest BCUT2D eigenvalue weighted by atomic mass is 10.0. The highest BCUT2D eigenvalue weighted by molar-refractivity contribution is 6.34. The van der Waals surface area contributed by atoms with Crippen LogP contribution in [-0.2, 0) is 4.79 Å². The number of nitrogens with one attached hydrogen (secondary N) is 1. The molecule has 2 aromatic carbocycles. The maximum Gasteiger partial charge on any atom is 0.266 e. The Balaban J connectivity index is 1.87. The molecule has 0 atom stereocenters. The summed E-state index contributed by atoms with van der Waals surface area (Å²) in [6.07, 6.45) is 1.53. The molecule has 1 aliphatic rings. The summed E-state index contributed by atoms with van der Waals surface area (Å²) in [7, 11) is 0. The Morgan fingerprint density at radius 1 is 0.960 bits per heavy atom. The summed E-state index contributed by atoms with van der Waals surface area (Å²) in [6.45, 7) is 3.95. The molecule has 0 aromatic heterocycles. The molecule has 0 fully saturated rings. The van der Waals surface area contributed by atoms with Crippen LogP contribution in [0, 0.1) is 5.92 Å². The minimum Gasteiger partial charge on any atom is -0.326 e. The van der Waals surface area contributed by atoms with Gasteiger partial charge < -0.3 is 5.32 Å². The minimum atomic E-state index is -0.343. The summed E-state index contributed by atoms with van der Waals surface area (Å²) in [5.74, 6) is -0.791. The van der Waals surface area contributed by atoms with Crippen LogP contribution in [0.1, 0.15) is 47.4 Å². The Morgan fingerprint density at radius 2 is 1.56 bits per heavy atom. The first-order valence-electron chi connectivity index (χ1n) is 8.45. The molecular weight excluding hydrogens is 316 g/mol. The first kappa shape index (κ1) is 16.9. The number of benzene rings is 2. The summed E-state index contributed by atoms with van der Waals surface area (Å²) < 4.78 is 0. The summed E-state index contributed by atoms with van der Waals surface area (Å²) in [5.41, 5.74) is 1.83. The zero-order valence-corrected chi connectivity index (χ0v) is 14.3. The number of fused-ring (bicyclic) bond motifs is 1. The van der Waals surface area contributed by atoms with E-state index in [0.717, 1.165) is 17.7 Å². The molecule has 1 N–H and O–H groups in total. The minimum absolute atomic E-state index is 0.0514. The molecule has 5 nitrogen and oxygen atoms in total. The quantitative estimate of drug-likeness (QED) is 0.843. The molecule has 5 heteroatoms. The van der Waals surface area contributed by atoms with Crippen LogP contribution in [0.15, 0.2) is 48.5 Å². The number of anilines is 2. The lowest BCUT2D eigenvalue weighted by Gasteiger charge is -2.17. The summed E-state index contributed by atoms with van der Waals surface area (Å²) in [5, 5.41) is 2.87. The number of amides is 3. The summed E-state index contributed by atoms with van der Waals surface area (Å²) in [6, 6.07) is 13.6. The molecule has 3 amide bonds. The molecule has 128 valence electrons. The van der Waals surface area contributed by atoms with E-state index in [0.29, 0.717) is 22.5 Å². The van der Waals surface area contributed by atoms with E-state index in [4.69, 9.17) is 0 Å². The largest absolute Gasteiger partial charge is 0.326 e. The van der Waals surface area contributed by atoms with Crippen molar-refractivity contribution in [1.29, 1.82) is 0 Å². The molecular formula is C20H20N2O3. The van der Waals surface area contributed by atoms with E-state index < -0.39 is 0 Å². The van der Waals surface area contributed by atoms with Crippen molar-refractivity contribution in [2.75, 3.05) is 10.2 Å². The van der Waals surface area contributed by atoms with Gasteiger partial charge in [-0.1, -0.05) is 32.0 Å². The third kappa shape index (κ3) is 3.05. The molecule has 1 aliphatic heterocycles. The number of carbonyl (C=O) groups excluding carboxylic acids is 3. The van der Waals surface area contributed by atoms with Crippen molar-refractivity contribution in [1.82, 2.24) is 0 Å². The Bertz CT molecular complexity index is 805. The fraction of sp³-hybridized carbons (Fsp3) is 0.250. The third-order valence-electron chi connectivity index (χ3n) is 4.52. The monoisotopic (exact) mass is 336 g/mol. The summed E-state index contributed by atoms with van der Waals surface area (Å²) >= 11 is 0. The first-order chi connectivity index (χ1) is 12.1. The Kier molecular flexibility index (Phi) is 4.65. The lowest BCUT2D eigenvalue weighted by Crippen LogP contribution is -2.29. The van der Waals surface area contributed by atoms with Crippen LogP contribution in [0.4, 0.5) is 11.4 Å². The van der Waals surface area contributed by atoms with Gasteiger partial charge in [-0.25, -0.2) is 4.90 Å². The van der Waals surface area contributed by atoms with Crippen molar-refractivity contribution in [3.05, 3.63) is 59.7 Å². The Hall–Kier alpha value is -2.95. The van der Waals surface area contributed by atoms with Gasteiger partial charge in [0.05, 0.1) is 16.8 Å². The van der Waals surface area contributed by atoms with Crippen molar-refractivity contribution < 1.29 is 14.4 Å². The molecule has 25 heavy (non-hydrogen) atoms. The second-order valence-corrected chi connectivity index (χ2v) is 6.04. The van der Waals surface area contributed by atoms with Crippen molar-refractivity contribution in [2.24, 2.45) is 5.92 Å². The maximum atomic E-state index is 12.6. The van der Waals surface area contributed by atoms with Crippen LogP contribution in [0.2, 0.25) is 0 Å². The average molecular weight is 336 g/mol. The average Bonchev–Trinajstić information content (AvgIpc) is 2.87. The molecule has 3 rings (SSSR count). The van der Waals surface area contributed by atoms with E-state index in [1.807, 2.05) is 13.8 Å². The maximum absolute atomic E-state index is 12.6. The Labute approximate surface area is 146 Å². The molecule has 0 saturated carbocycles. The molecule has 0 aliphatic carbocycles. The van der Waals surface area contributed by atoms with Gasteiger partial charge in [0.1, 0.15) is 0 Å². The van der Waals surface area contributed by atoms with E-state index >= 15 is 0 Å². The second kappa shape index (κ2) is 6.89.